The standard InChI is InChI=1S/C23H26N2O5/c1-3-11-29-20-9-7-19(8-10-20)25-14-17(13-22(25)27)23(28)30-15-21(26)24-18-6-4-5-16(2)12-18/h4-10,12,17H,3,11,13-15H2,1-2H3,(H,24,26)/t17-/m0/s1. The summed E-state index contributed by atoms with van der Waals surface area (Å²) < 4.78 is 10.7. The number of benzene rings is 2. The molecule has 0 aliphatic carbocycles. The molecule has 7 heteroatoms. The lowest BCUT2D eigenvalue weighted by Gasteiger charge is -2.17. The van der Waals surface area contributed by atoms with Crippen molar-refractivity contribution in [2.45, 2.75) is 26.7 Å². The fourth-order valence-corrected chi connectivity index (χ4v) is 3.23. The number of rotatable bonds is 8. The van der Waals surface area contributed by atoms with E-state index in [9.17, 15) is 14.4 Å². The van der Waals surface area contributed by atoms with Crippen molar-refractivity contribution in [1.82, 2.24) is 0 Å². The molecule has 0 radical (unpaired) electrons. The van der Waals surface area contributed by atoms with E-state index < -0.39 is 17.8 Å². The van der Waals surface area contributed by atoms with Gasteiger partial charge < -0.3 is 19.7 Å². The van der Waals surface area contributed by atoms with Gasteiger partial charge in [-0.3, -0.25) is 14.4 Å². The molecule has 1 N–H and O–H groups in total. The lowest BCUT2D eigenvalue weighted by molar-refractivity contribution is -0.151. The zero-order valence-electron chi connectivity index (χ0n) is 17.2. The molecule has 158 valence electrons. The molecule has 0 spiro atoms. The minimum absolute atomic E-state index is 0.0619. The molecule has 0 aromatic heterocycles. The molecule has 2 aromatic rings. The fourth-order valence-electron chi connectivity index (χ4n) is 3.23. The monoisotopic (exact) mass is 410 g/mol. The van der Waals surface area contributed by atoms with E-state index in [2.05, 4.69) is 5.32 Å². The summed E-state index contributed by atoms with van der Waals surface area (Å²) in [5.74, 6) is -0.975. The molecule has 2 aromatic carbocycles. The van der Waals surface area contributed by atoms with Crippen LogP contribution in [0.25, 0.3) is 0 Å². The second kappa shape index (κ2) is 9.91. The summed E-state index contributed by atoms with van der Waals surface area (Å²) in [7, 11) is 0. The Morgan fingerprint density at radius 1 is 1.17 bits per heavy atom. The predicted octanol–water partition coefficient (Wildman–Crippen LogP) is 3.32. The highest BCUT2D eigenvalue weighted by atomic mass is 16.5. The zero-order chi connectivity index (χ0) is 21.5. The van der Waals surface area contributed by atoms with Gasteiger partial charge in [0.15, 0.2) is 6.61 Å². The maximum atomic E-state index is 12.4. The highest BCUT2D eigenvalue weighted by Crippen LogP contribution is 2.27. The molecule has 0 bridgehead atoms. The molecule has 0 unspecified atom stereocenters. The van der Waals surface area contributed by atoms with E-state index >= 15 is 0 Å². The first kappa shape index (κ1) is 21.4. The molecule has 7 nitrogen and oxygen atoms in total. The smallest absolute Gasteiger partial charge is 0.311 e. The summed E-state index contributed by atoms with van der Waals surface area (Å²) in [6.07, 6.45) is 0.978. The van der Waals surface area contributed by atoms with Crippen molar-refractivity contribution >= 4 is 29.2 Å². The van der Waals surface area contributed by atoms with Crippen molar-refractivity contribution in [2.75, 3.05) is 30.0 Å². The number of hydrogen-bond donors (Lipinski definition) is 1. The van der Waals surface area contributed by atoms with Crippen LogP contribution < -0.4 is 15.0 Å². The van der Waals surface area contributed by atoms with Crippen molar-refractivity contribution in [2.24, 2.45) is 5.92 Å². The van der Waals surface area contributed by atoms with Crippen molar-refractivity contribution in [3.63, 3.8) is 0 Å². The van der Waals surface area contributed by atoms with Crippen molar-refractivity contribution in [3.8, 4) is 5.75 Å². The molecule has 1 saturated heterocycles. The van der Waals surface area contributed by atoms with Gasteiger partial charge in [-0.05, 0) is 55.3 Å². The number of hydrogen-bond acceptors (Lipinski definition) is 5. The van der Waals surface area contributed by atoms with Gasteiger partial charge in [0.05, 0.1) is 12.5 Å². The molecular formula is C23H26N2O5. The van der Waals surface area contributed by atoms with Crippen LogP contribution in [0.5, 0.6) is 5.75 Å². The minimum Gasteiger partial charge on any atom is -0.494 e. The molecule has 1 atom stereocenters. The van der Waals surface area contributed by atoms with Gasteiger partial charge in [0.25, 0.3) is 5.91 Å². The molecule has 1 aliphatic rings. The molecule has 1 heterocycles. The summed E-state index contributed by atoms with van der Waals surface area (Å²) in [4.78, 5) is 38.3. The zero-order valence-corrected chi connectivity index (χ0v) is 17.2. The van der Waals surface area contributed by atoms with E-state index in [1.54, 1.807) is 35.2 Å². The normalized spacial score (nSPS) is 15.7. The lowest BCUT2D eigenvalue weighted by Crippen LogP contribution is -2.28. The van der Waals surface area contributed by atoms with Gasteiger partial charge in [-0.15, -0.1) is 0 Å². The summed E-state index contributed by atoms with van der Waals surface area (Å²) in [5.41, 5.74) is 2.36. The highest BCUT2D eigenvalue weighted by Gasteiger charge is 2.36. The Morgan fingerprint density at radius 3 is 2.63 bits per heavy atom. The quantitative estimate of drug-likeness (QED) is 0.675. The number of amides is 2. The van der Waals surface area contributed by atoms with Crippen LogP contribution in [0.4, 0.5) is 11.4 Å². The van der Waals surface area contributed by atoms with E-state index in [1.807, 2.05) is 32.0 Å². The number of anilines is 2. The Kier molecular flexibility index (Phi) is 7.06. The third-order valence-corrected chi connectivity index (χ3v) is 4.73. The Labute approximate surface area is 176 Å². The summed E-state index contributed by atoms with van der Waals surface area (Å²) in [6.45, 7) is 4.42. The van der Waals surface area contributed by atoms with E-state index in [0.29, 0.717) is 18.0 Å². The first-order valence-corrected chi connectivity index (χ1v) is 10.0. The Hall–Kier alpha value is -3.35. The van der Waals surface area contributed by atoms with Crippen LogP contribution in [0.3, 0.4) is 0 Å². The van der Waals surface area contributed by atoms with E-state index in [1.165, 1.54) is 0 Å². The average molecular weight is 410 g/mol. The first-order valence-electron chi connectivity index (χ1n) is 10.0. The fraction of sp³-hybridized carbons (Fsp3) is 0.348. The highest BCUT2D eigenvalue weighted by molar-refractivity contribution is 6.00. The third kappa shape index (κ3) is 5.59. The molecule has 0 saturated carbocycles. The van der Waals surface area contributed by atoms with Gasteiger partial charge in [-0.2, -0.15) is 0 Å². The number of nitrogens with one attached hydrogen (secondary N) is 1. The summed E-state index contributed by atoms with van der Waals surface area (Å²) in [6, 6.07) is 14.5. The Bertz CT molecular complexity index is 910. The molecule has 1 fully saturated rings. The van der Waals surface area contributed by atoms with Gasteiger partial charge in [0, 0.05) is 24.3 Å². The van der Waals surface area contributed by atoms with Gasteiger partial charge in [0.2, 0.25) is 5.91 Å². The molecule has 3 rings (SSSR count). The van der Waals surface area contributed by atoms with Gasteiger partial charge in [0.1, 0.15) is 5.75 Å². The van der Waals surface area contributed by atoms with Crippen molar-refractivity contribution in [3.05, 3.63) is 54.1 Å². The number of carbonyl (C=O) groups is 3. The number of nitrogens with zero attached hydrogens (tertiary/aromatic N) is 1. The van der Waals surface area contributed by atoms with E-state index in [4.69, 9.17) is 9.47 Å². The number of esters is 1. The summed E-state index contributed by atoms with van der Waals surface area (Å²) in [5, 5.41) is 2.69. The van der Waals surface area contributed by atoms with Gasteiger partial charge in [-0.1, -0.05) is 19.1 Å². The van der Waals surface area contributed by atoms with Crippen LogP contribution in [0, 0.1) is 12.8 Å². The van der Waals surface area contributed by atoms with Gasteiger partial charge >= 0.3 is 5.97 Å². The Balaban J connectivity index is 1.50. The predicted molar refractivity (Wildman–Crippen MR) is 113 cm³/mol. The molecular weight excluding hydrogens is 384 g/mol. The van der Waals surface area contributed by atoms with Crippen LogP contribution >= 0.6 is 0 Å². The van der Waals surface area contributed by atoms with Crippen LogP contribution in [-0.2, 0) is 19.1 Å². The molecule has 30 heavy (non-hydrogen) atoms. The van der Waals surface area contributed by atoms with Crippen LogP contribution in [0.2, 0.25) is 0 Å². The van der Waals surface area contributed by atoms with Gasteiger partial charge in [-0.25, -0.2) is 0 Å². The average Bonchev–Trinajstić information content (AvgIpc) is 3.12. The Morgan fingerprint density at radius 2 is 1.93 bits per heavy atom. The van der Waals surface area contributed by atoms with E-state index in [-0.39, 0.29) is 25.5 Å². The van der Waals surface area contributed by atoms with Crippen molar-refractivity contribution in [1.29, 1.82) is 0 Å². The SMILES string of the molecule is CCCOc1ccc(N2C[C@@H](C(=O)OCC(=O)Nc3cccc(C)c3)CC2=O)cc1. The van der Waals surface area contributed by atoms with Crippen LogP contribution in [-0.4, -0.2) is 37.5 Å². The topological polar surface area (TPSA) is 84.9 Å². The second-order valence-corrected chi connectivity index (χ2v) is 7.27. The molecule has 2 amide bonds. The summed E-state index contributed by atoms with van der Waals surface area (Å²) >= 11 is 0. The number of carbonyl (C=O) groups excluding carboxylic acids is 3. The second-order valence-electron chi connectivity index (χ2n) is 7.27. The minimum atomic E-state index is -0.597. The van der Waals surface area contributed by atoms with Crippen LogP contribution in [0.1, 0.15) is 25.3 Å². The maximum absolute atomic E-state index is 12.4. The molecule has 1 aliphatic heterocycles. The largest absolute Gasteiger partial charge is 0.494 e. The number of aryl methyl sites for hydroxylation is 1. The lowest BCUT2D eigenvalue weighted by atomic mass is 10.1. The maximum Gasteiger partial charge on any atom is 0.311 e. The van der Waals surface area contributed by atoms with Crippen molar-refractivity contribution < 1.29 is 23.9 Å². The van der Waals surface area contributed by atoms with E-state index in [0.717, 1.165) is 17.7 Å². The third-order valence-electron chi connectivity index (χ3n) is 4.73. The number of ether oxygens (including phenoxy) is 2. The van der Waals surface area contributed by atoms with Crippen LogP contribution in [0.15, 0.2) is 48.5 Å². The first-order chi connectivity index (χ1) is 14.5.